The molecule has 3 atom stereocenters. The number of alkyl halides is 1. The zero-order valence-corrected chi connectivity index (χ0v) is 16.0. The topological polar surface area (TPSA) is 58.6 Å². The minimum Gasteiger partial charge on any atom is -0.344 e. The number of nitrogens with zero attached hydrogens (tertiary/aromatic N) is 4. The van der Waals surface area contributed by atoms with Crippen LogP contribution >= 0.6 is 11.3 Å². The molecule has 150 valence electrons. The Labute approximate surface area is 163 Å². The van der Waals surface area contributed by atoms with Gasteiger partial charge in [0.15, 0.2) is 0 Å². The van der Waals surface area contributed by atoms with Crippen molar-refractivity contribution >= 4 is 22.4 Å². The Kier molecular flexibility index (Phi) is 5.24. The zero-order valence-electron chi connectivity index (χ0n) is 15.1. The average Bonchev–Trinajstić information content (AvgIpc) is 3.29. The lowest BCUT2D eigenvalue weighted by molar-refractivity contribution is -0.184. The summed E-state index contributed by atoms with van der Waals surface area (Å²) in [6, 6.07) is 2.49. The molecule has 1 amide bonds. The summed E-state index contributed by atoms with van der Waals surface area (Å²) >= 11 is 1.38. The van der Waals surface area contributed by atoms with E-state index in [9.17, 15) is 18.0 Å². The van der Waals surface area contributed by atoms with Gasteiger partial charge in [0.25, 0.3) is 5.91 Å². The molecule has 1 aromatic heterocycles. The van der Waals surface area contributed by atoms with Crippen LogP contribution in [0.2, 0.25) is 0 Å². The Morgan fingerprint density at radius 2 is 1.96 bits per heavy atom. The van der Waals surface area contributed by atoms with Crippen LogP contribution in [0.15, 0.2) is 18.2 Å². The molecule has 2 aliphatic heterocycles. The fraction of sp³-hybridized carbons (Fsp3) is 0.500. The SMILES string of the molecule is Cc1nnc(N2CC[C@@H](C(=O)N3OCC[C@@H]3c3cc(F)cc(F)c3)[C@@H](F)C2)s1. The summed E-state index contributed by atoms with van der Waals surface area (Å²) in [6.45, 7) is 2.57. The summed E-state index contributed by atoms with van der Waals surface area (Å²) in [5, 5.41) is 10.5. The van der Waals surface area contributed by atoms with E-state index in [1.807, 2.05) is 6.92 Å². The van der Waals surface area contributed by atoms with Crippen LogP contribution in [-0.2, 0) is 9.63 Å². The average molecular weight is 412 g/mol. The second-order valence-electron chi connectivity index (χ2n) is 6.97. The Morgan fingerprint density at radius 1 is 1.21 bits per heavy atom. The third kappa shape index (κ3) is 3.70. The molecular formula is C18H19F3N4O2S. The number of carbonyl (C=O) groups excluding carboxylic acids is 1. The number of benzene rings is 1. The molecule has 2 aliphatic rings. The van der Waals surface area contributed by atoms with Gasteiger partial charge in [-0.2, -0.15) is 0 Å². The van der Waals surface area contributed by atoms with Gasteiger partial charge >= 0.3 is 0 Å². The maximum Gasteiger partial charge on any atom is 0.252 e. The van der Waals surface area contributed by atoms with Gasteiger partial charge < -0.3 is 4.90 Å². The van der Waals surface area contributed by atoms with Crippen LogP contribution in [0.1, 0.15) is 29.5 Å². The predicted molar refractivity (Wildman–Crippen MR) is 96.4 cm³/mol. The molecule has 6 nitrogen and oxygen atoms in total. The molecular weight excluding hydrogens is 393 g/mol. The molecule has 0 unspecified atom stereocenters. The van der Waals surface area contributed by atoms with Crippen molar-refractivity contribution in [1.82, 2.24) is 15.3 Å². The minimum absolute atomic E-state index is 0.0398. The smallest absolute Gasteiger partial charge is 0.252 e. The highest BCUT2D eigenvalue weighted by molar-refractivity contribution is 7.15. The molecule has 2 aromatic rings. The number of hydrogen-bond donors (Lipinski definition) is 0. The summed E-state index contributed by atoms with van der Waals surface area (Å²) in [5.41, 5.74) is 0.306. The van der Waals surface area contributed by atoms with Crippen LogP contribution in [0.3, 0.4) is 0 Å². The lowest BCUT2D eigenvalue weighted by Gasteiger charge is -2.35. The first kappa shape index (κ1) is 19.1. The van der Waals surface area contributed by atoms with E-state index in [0.717, 1.165) is 16.1 Å². The van der Waals surface area contributed by atoms with Crippen LogP contribution in [0.25, 0.3) is 0 Å². The molecule has 0 spiro atoms. The molecule has 0 radical (unpaired) electrons. The maximum atomic E-state index is 14.8. The number of piperidine rings is 1. The fourth-order valence-electron chi connectivity index (χ4n) is 3.69. The van der Waals surface area contributed by atoms with Crippen LogP contribution < -0.4 is 4.90 Å². The first-order chi connectivity index (χ1) is 13.4. The lowest BCUT2D eigenvalue weighted by atomic mass is 9.93. The van der Waals surface area contributed by atoms with Gasteiger partial charge in [-0.05, 0) is 31.0 Å². The molecule has 0 N–H and O–H groups in total. The van der Waals surface area contributed by atoms with Crippen molar-refractivity contribution in [3.05, 3.63) is 40.4 Å². The lowest BCUT2D eigenvalue weighted by Crippen LogP contribution is -2.48. The van der Waals surface area contributed by atoms with E-state index in [1.54, 1.807) is 4.90 Å². The van der Waals surface area contributed by atoms with Crippen molar-refractivity contribution in [2.75, 3.05) is 24.6 Å². The highest BCUT2D eigenvalue weighted by atomic mass is 32.1. The van der Waals surface area contributed by atoms with E-state index in [-0.39, 0.29) is 13.2 Å². The molecule has 28 heavy (non-hydrogen) atoms. The number of hydrogen-bond acceptors (Lipinski definition) is 6. The molecule has 0 saturated carbocycles. The number of rotatable bonds is 3. The minimum atomic E-state index is -1.40. The number of anilines is 1. The molecule has 0 aliphatic carbocycles. The Bertz CT molecular complexity index is 860. The predicted octanol–water partition coefficient (Wildman–Crippen LogP) is 3.19. The van der Waals surface area contributed by atoms with E-state index in [2.05, 4.69) is 10.2 Å². The Morgan fingerprint density at radius 3 is 2.61 bits per heavy atom. The second kappa shape index (κ2) is 7.67. The van der Waals surface area contributed by atoms with Gasteiger partial charge in [-0.15, -0.1) is 10.2 Å². The highest BCUT2D eigenvalue weighted by Gasteiger charge is 2.42. The molecule has 2 fully saturated rings. The molecule has 0 bridgehead atoms. The first-order valence-corrected chi connectivity index (χ1v) is 9.85. The Balaban J connectivity index is 1.47. The molecule has 1 aromatic carbocycles. The van der Waals surface area contributed by atoms with Gasteiger partial charge in [0.1, 0.15) is 22.8 Å². The third-order valence-corrected chi connectivity index (χ3v) is 5.94. The van der Waals surface area contributed by atoms with Gasteiger partial charge in [-0.3, -0.25) is 9.63 Å². The second-order valence-corrected chi connectivity index (χ2v) is 8.13. The molecule has 10 heteroatoms. The van der Waals surface area contributed by atoms with E-state index < -0.39 is 35.7 Å². The fourth-order valence-corrected chi connectivity index (χ4v) is 4.41. The third-order valence-electron chi connectivity index (χ3n) is 5.04. The van der Waals surface area contributed by atoms with Crippen LogP contribution in [0.5, 0.6) is 0 Å². The van der Waals surface area contributed by atoms with Gasteiger partial charge in [0.2, 0.25) is 5.13 Å². The largest absolute Gasteiger partial charge is 0.344 e. The van der Waals surface area contributed by atoms with E-state index in [4.69, 9.17) is 4.84 Å². The van der Waals surface area contributed by atoms with E-state index in [0.29, 0.717) is 30.1 Å². The van der Waals surface area contributed by atoms with Gasteiger partial charge in [0, 0.05) is 19.0 Å². The molecule has 2 saturated heterocycles. The van der Waals surface area contributed by atoms with Crippen molar-refractivity contribution in [2.45, 2.75) is 32.0 Å². The first-order valence-electron chi connectivity index (χ1n) is 9.03. The van der Waals surface area contributed by atoms with E-state index >= 15 is 0 Å². The van der Waals surface area contributed by atoms with Crippen LogP contribution in [0.4, 0.5) is 18.3 Å². The Hall–Kier alpha value is -2.20. The van der Waals surface area contributed by atoms with Gasteiger partial charge in [0.05, 0.1) is 25.1 Å². The maximum absolute atomic E-state index is 14.8. The van der Waals surface area contributed by atoms with Crippen molar-refractivity contribution in [3.8, 4) is 0 Å². The van der Waals surface area contributed by atoms with Crippen molar-refractivity contribution in [2.24, 2.45) is 5.92 Å². The monoisotopic (exact) mass is 412 g/mol. The summed E-state index contributed by atoms with van der Waals surface area (Å²) in [5.74, 6) is -2.81. The van der Waals surface area contributed by atoms with Crippen molar-refractivity contribution < 1.29 is 22.8 Å². The number of aryl methyl sites for hydroxylation is 1. The number of hydroxylamine groups is 2. The van der Waals surface area contributed by atoms with Crippen LogP contribution in [-0.4, -0.2) is 47.0 Å². The zero-order chi connectivity index (χ0) is 19.8. The van der Waals surface area contributed by atoms with Crippen LogP contribution in [0, 0.1) is 24.5 Å². The highest BCUT2D eigenvalue weighted by Crippen LogP contribution is 2.35. The van der Waals surface area contributed by atoms with Crippen molar-refractivity contribution in [1.29, 1.82) is 0 Å². The summed E-state index contributed by atoms with van der Waals surface area (Å²) in [4.78, 5) is 20.1. The number of aromatic nitrogens is 2. The van der Waals surface area contributed by atoms with Gasteiger partial charge in [-0.1, -0.05) is 11.3 Å². The summed E-state index contributed by atoms with van der Waals surface area (Å²) in [7, 11) is 0. The van der Waals surface area contributed by atoms with Gasteiger partial charge in [-0.25, -0.2) is 18.2 Å². The van der Waals surface area contributed by atoms with Crippen molar-refractivity contribution in [3.63, 3.8) is 0 Å². The summed E-state index contributed by atoms with van der Waals surface area (Å²) in [6.07, 6.45) is -0.712. The number of halogens is 3. The van der Waals surface area contributed by atoms with E-state index in [1.165, 1.54) is 23.5 Å². The molecule has 3 heterocycles. The normalized spacial score (nSPS) is 25.4. The number of amides is 1. The standard InChI is InChI=1S/C18H19F3N4O2S/c1-10-22-23-18(28-10)24-4-2-14(15(21)9-24)17(26)25-16(3-5-27-25)11-6-12(19)8-13(20)7-11/h6-8,14-16H,2-5,9H2,1H3/t14-,15+,16-/m1/s1. The number of carbonyl (C=O) groups is 1. The quantitative estimate of drug-likeness (QED) is 0.775. The molecule has 4 rings (SSSR count). The summed E-state index contributed by atoms with van der Waals surface area (Å²) < 4.78 is 42.0.